The molecule has 0 unspecified atom stereocenters. The van der Waals surface area contributed by atoms with Gasteiger partial charge in [-0.15, -0.1) is 0 Å². The van der Waals surface area contributed by atoms with E-state index in [0.717, 1.165) is 12.0 Å². The lowest BCUT2D eigenvalue weighted by Crippen LogP contribution is -2.35. The van der Waals surface area contributed by atoms with Crippen molar-refractivity contribution in [1.29, 1.82) is 0 Å². The summed E-state index contributed by atoms with van der Waals surface area (Å²) in [5, 5.41) is 11.0. The molecule has 16 heavy (non-hydrogen) atoms. The average Bonchev–Trinajstić information content (AvgIpc) is 2.27. The van der Waals surface area contributed by atoms with Crippen molar-refractivity contribution in [3.63, 3.8) is 0 Å². The molecule has 0 aliphatic heterocycles. The number of benzene rings is 1. The number of hydrogen-bond donors (Lipinski definition) is 2. The molecular formula is C13H19NO2. The van der Waals surface area contributed by atoms with E-state index in [1.807, 2.05) is 13.8 Å². The topological polar surface area (TPSA) is 49.3 Å². The molecule has 88 valence electrons. The van der Waals surface area contributed by atoms with Crippen LogP contribution in [0.2, 0.25) is 0 Å². The van der Waals surface area contributed by atoms with Crippen LogP contribution in [0.3, 0.4) is 0 Å². The Labute approximate surface area is 96.5 Å². The van der Waals surface area contributed by atoms with Crippen molar-refractivity contribution in [2.24, 2.45) is 0 Å². The van der Waals surface area contributed by atoms with E-state index < -0.39 is 6.09 Å². The quantitative estimate of drug-likeness (QED) is 0.821. The van der Waals surface area contributed by atoms with E-state index in [1.165, 1.54) is 5.56 Å². The summed E-state index contributed by atoms with van der Waals surface area (Å²) >= 11 is 0. The molecule has 0 heterocycles. The van der Waals surface area contributed by atoms with Gasteiger partial charge in [-0.1, -0.05) is 45.0 Å². The van der Waals surface area contributed by atoms with Gasteiger partial charge in [0, 0.05) is 12.0 Å². The molecule has 1 aromatic carbocycles. The van der Waals surface area contributed by atoms with Crippen molar-refractivity contribution in [2.45, 2.75) is 32.6 Å². The second-order valence-corrected chi connectivity index (χ2v) is 4.59. The molecule has 0 bridgehead atoms. The molecule has 0 fully saturated rings. The lowest BCUT2D eigenvalue weighted by Gasteiger charge is -2.25. The molecule has 0 spiro atoms. The van der Waals surface area contributed by atoms with Gasteiger partial charge in [-0.05, 0) is 17.5 Å². The van der Waals surface area contributed by atoms with Crippen molar-refractivity contribution >= 4 is 6.09 Å². The highest BCUT2D eigenvalue weighted by Gasteiger charge is 2.20. The Bertz CT molecular complexity index is 355. The van der Waals surface area contributed by atoms with Crippen LogP contribution in [-0.4, -0.2) is 17.7 Å². The van der Waals surface area contributed by atoms with Crippen LogP contribution in [0.1, 0.15) is 31.9 Å². The molecule has 0 atom stereocenters. The van der Waals surface area contributed by atoms with Gasteiger partial charge < -0.3 is 10.4 Å². The zero-order valence-corrected chi connectivity index (χ0v) is 10.1. The van der Waals surface area contributed by atoms with Crippen LogP contribution in [0.15, 0.2) is 24.3 Å². The number of rotatable bonds is 4. The fraction of sp³-hybridized carbons (Fsp3) is 0.462. The summed E-state index contributed by atoms with van der Waals surface area (Å²) in [5.41, 5.74) is 2.27. The molecule has 0 aromatic heterocycles. The van der Waals surface area contributed by atoms with Gasteiger partial charge in [-0.3, -0.25) is 0 Å². The molecule has 1 amide bonds. The lowest BCUT2D eigenvalue weighted by atomic mass is 9.84. The lowest BCUT2D eigenvalue weighted by molar-refractivity contribution is 0.192. The first-order chi connectivity index (χ1) is 7.45. The molecule has 0 aliphatic carbocycles. The summed E-state index contributed by atoms with van der Waals surface area (Å²) in [6, 6.07) is 8.33. The highest BCUT2D eigenvalue weighted by molar-refractivity contribution is 5.64. The molecule has 2 N–H and O–H groups in total. The smallest absolute Gasteiger partial charge is 0.404 e. The predicted octanol–water partition coefficient (Wildman–Crippen LogP) is 2.79. The highest BCUT2D eigenvalue weighted by atomic mass is 16.4. The fourth-order valence-corrected chi connectivity index (χ4v) is 1.59. The van der Waals surface area contributed by atoms with Crippen molar-refractivity contribution in [2.75, 3.05) is 6.54 Å². The van der Waals surface area contributed by atoms with Crippen LogP contribution >= 0.6 is 0 Å². The number of aryl methyl sites for hydroxylation is 1. The molecule has 1 aromatic rings. The van der Waals surface area contributed by atoms with Crippen molar-refractivity contribution in [1.82, 2.24) is 5.32 Å². The van der Waals surface area contributed by atoms with Gasteiger partial charge in [0.25, 0.3) is 0 Å². The highest BCUT2D eigenvalue weighted by Crippen LogP contribution is 2.22. The number of hydrogen-bond acceptors (Lipinski definition) is 1. The van der Waals surface area contributed by atoms with Crippen LogP contribution in [-0.2, 0) is 11.8 Å². The Balaban J connectivity index is 2.76. The van der Waals surface area contributed by atoms with E-state index in [-0.39, 0.29) is 5.41 Å². The molecule has 1 rings (SSSR count). The van der Waals surface area contributed by atoms with Crippen LogP contribution < -0.4 is 5.32 Å². The van der Waals surface area contributed by atoms with E-state index in [0.29, 0.717) is 6.54 Å². The molecule has 3 heteroatoms. The predicted molar refractivity (Wildman–Crippen MR) is 64.9 cm³/mol. The summed E-state index contributed by atoms with van der Waals surface area (Å²) in [6.45, 7) is 6.60. The minimum atomic E-state index is -0.974. The minimum absolute atomic E-state index is 0.176. The molecule has 0 radical (unpaired) electrons. The minimum Gasteiger partial charge on any atom is -0.465 e. The zero-order valence-electron chi connectivity index (χ0n) is 10.1. The van der Waals surface area contributed by atoms with Gasteiger partial charge in [0.1, 0.15) is 0 Å². The Morgan fingerprint density at radius 3 is 2.31 bits per heavy atom. The molecular weight excluding hydrogens is 202 g/mol. The Morgan fingerprint density at radius 1 is 1.31 bits per heavy atom. The third-order valence-corrected chi connectivity index (χ3v) is 2.83. The second-order valence-electron chi connectivity index (χ2n) is 4.59. The molecule has 3 nitrogen and oxygen atoms in total. The van der Waals surface area contributed by atoms with E-state index in [2.05, 4.69) is 36.5 Å². The fourth-order valence-electron chi connectivity index (χ4n) is 1.59. The maximum atomic E-state index is 10.5. The Kier molecular flexibility index (Phi) is 3.93. The van der Waals surface area contributed by atoms with E-state index in [4.69, 9.17) is 5.11 Å². The normalized spacial score (nSPS) is 11.2. The standard InChI is InChI=1S/C13H19NO2/c1-4-10-5-7-11(8-6-10)13(2,3)9-14-12(15)16/h5-8,14H,4,9H2,1-3H3,(H,15,16). The van der Waals surface area contributed by atoms with Gasteiger partial charge in [-0.25, -0.2) is 4.79 Å². The number of carboxylic acid groups (broad SMARTS) is 1. The Morgan fingerprint density at radius 2 is 1.88 bits per heavy atom. The van der Waals surface area contributed by atoms with E-state index in [1.54, 1.807) is 0 Å². The van der Waals surface area contributed by atoms with E-state index >= 15 is 0 Å². The first-order valence-electron chi connectivity index (χ1n) is 5.52. The maximum Gasteiger partial charge on any atom is 0.404 e. The summed E-state index contributed by atoms with van der Waals surface area (Å²) in [5.74, 6) is 0. The monoisotopic (exact) mass is 221 g/mol. The third kappa shape index (κ3) is 3.26. The average molecular weight is 221 g/mol. The summed E-state index contributed by atoms with van der Waals surface area (Å²) in [7, 11) is 0. The van der Waals surface area contributed by atoms with Gasteiger partial charge in [-0.2, -0.15) is 0 Å². The maximum absolute atomic E-state index is 10.5. The zero-order chi connectivity index (χ0) is 12.2. The first-order valence-corrected chi connectivity index (χ1v) is 5.52. The van der Waals surface area contributed by atoms with Crippen molar-refractivity contribution in [3.8, 4) is 0 Å². The SMILES string of the molecule is CCc1ccc(C(C)(C)CNC(=O)O)cc1. The summed E-state index contributed by atoms with van der Waals surface area (Å²) in [4.78, 5) is 10.5. The second kappa shape index (κ2) is 5.01. The molecule has 0 aliphatic rings. The van der Waals surface area contributed by atoms with Gasteiger partial charge in [0.2, 0.25) is 0 Å². The number of carbonyl (C=O) groups is 1. The Hall–Kier alpha value is -1.51. The van der Waals surface area contributed by atoms with Gasteiger partial charge in [0.15, 0.2) is 0 Å². The van der Waals surface area contributed by atoms with Crippen molar-refractivity contribution in [3.05, 3.63) is 35.4 Å². The largest absolute Gasteiger partial charge is 0.465 e. The van der Waals surface area contributed by atoms with Crippen molar-refractivity contribution < 1.29 is 9.90 Å². The first kappa shape index (κ1) is 12.6. The molecule has 0 saturated carbocycles. The molecule has 0 saturated heterocycles. The van der Waals surface area contributed by atoms with Gasteiger partial charge >= 0.3 is 6.09 Å². The third-order valence-electron chi connectivity index (χ3n) is 2.83. The van der Waals surface area contributed by atoms with Crippen LogP contribution in [0.4, 0.5) is 4.79 Å². The summed E-state index contributed by atoms with van der Waals surface area (Å²) < 4.78 is 0. The van der Waals surface area contributed by atoms with Gasteiger partial charge in [0.05, 0.1) is 0 Å². The summed E-state index contributed by atoms with van der Waals surface area (Å²) in [6.07, 6.45) is 0.0481. The van der Waals surface area contributed by atoms with Crippen LogP contribution in [0, 0.1) is 0 Å². The number of amides is 1. The van der Waals surface area contributed by atoms with Crippen LogP contribution in [0.25, 0.3) is 0 Å². The van der Waals surface area contributed by atoms with E-state index in [9.17, 15) is 4.79 Å². The van der Waals surface area contributed by atoms with Crippen LogP contribution in [0.5, 0.6) is 0 Å². The number of nitrogens with one attached hydrogen (secondary N) is 1.